The van der Waals surface area contributed by atoms with Gasteiger partial charge in [0, 0.05) is 29.9 Å². The van der Waals surface area contributed by atoms with Gasteiger partial charge in [0.15, 0.2) is 0 Å². The highest BCUT2D eigenvalue weighted by Gasteiger charge is 2.09. The minimum absolute atomic E-state index is 0.00979. The molecule has 6 heteroatoms. The van der Waals surface area contributed by atoms with Gasteiger partial charge in [-0.3, -0.25) is 10.1 Å². The molecule has 0 unspecified atom stereocenters. The van der Waals surface area contributed by atoms with Gasteiger partial charge >= 0.3 is 0 Å². The van der Waals surface area contributed by atoms with Crippen molar-refractivity contribution in [1.82, 2.24) is 0 Å². The van der Waals surface area contributed by atoms with Crippen molar-refractivity contribution in [3.8, 4) is 0 Å². The van der Waals surface area contributed by atoms with Crippen molar-refractivity contribution in [2.45, 2.75) is 19.9 Å². The largest absolute Gasteiger partial charge is 0.381 e. The molecule has 0 saturated heterocycles. The van der Waals surface area contributed by atoms with Crippen LogP contribution in [0.4, 0.5) is 20.2 Å². The summed E-state index contributed by atoms with van der Waals surface area (Å²) in [6, 6.07) is 10.6. The van der Waals surface area contributed by atoms with E-state index in [9.17, 15) is 18.9 Å². The van der Waals surface area contributed by atoms with Crippen LogP contribution in [0.2, 0.25) is 0 Å². The van der Waals surface area contributed by atoms with Crippen LogP contribution < -0.4 is 5.32 Å². The van der Waals surface area contributed by atoms with Gasteiger partial charge in [-0.15, -0.1) is 0 Å². The van der Waals surface area contributed by atoms with Crippen LogP contribution in [0.1, 0.15) is 23.1 Å². The van der Waals surface area contributed by atoms with E-state index in [-0.39, 0.29) is 11.3 Å². The molecule has 0 aliphatic rings. The van der Waals surface area contributed by atoms with Gasteiger partial charge in [0.1, 0.15) is 0 Å². The molecule has 2 aromatic rings. The average Bonchev–Trinajstić information content (AvgIpc) is 2.46. The Morgan fingerprint density at radius 2 is 2.00 bits per heavy atom. The second-order valence-corrected chi connectivity index (χ2v) is 4.66. The predicted molar refractivity (Wildman–Crippen MR) is 76.6 cm³/mol. The number of hydrogen-bond acceptors (Lipinski definition) is 3. The lowest BCUT2D eigenvalue weighted by Gasteiger charge is -2.10. The third kappa shape index (κ3) is 3.75. The number of halogens is 2. The van der Waals surface area contributed by atoms with E-state index >= 15 is 0 Å². The molecule has 0 aliphatic carbocycles. The van der Waals surface area contributed by atoms with Crippen LogP contribution in [0.5, 0.6) is 0 Å². The summed E-state index contributed by atoms with van der Waals surface area (Å²) in [5.41, 5.74) is 2.12. The standard InChI is InChI=1S/C15H14F2N2O2/c1-10-5-6-13(19(20)21)8-14(10)18-9-11-3-2-4-12(7-11)15(16)17/h2-8,15,18H,9H2,1H3. The zero-order valence-electron chi connectivity index (χ0n) is 11.3. The van der Waals surface area contributed by atoms with E-state index in [1.54, 1.807) is 18.2 Å². The van der Waals surface area contributed by atoms with E-state index in [0.717, 1.165) is 5.56 Å². The quantitative estimate of drug-likeness (QED) is 0.654. The fourth-order valence-electron chi connectivity index (χ4n) is 1.95. The first-order valence-corrected chi connectivity index (χ1v) is 6.33. The van der Waals surface area contributed by atoms with Crippen molar-refractivity contribution in [2.75, 3.05) is 5.32 Å². The Hall–Kier alpha value is -2.50. The fraction of sp³-hybridized carbons (Fsp3) is 0.200. The van der Waals surface area contributed by atoms with Gasteiger partial charge in [-0.05, 0) is 24.1 Å². The molecule has 0 aromatic heterocycles. The van der Waals surface area contributed by atoms with Gasteiger partial charge < -0.3 is 5.32 Å². The van der Waals surface area contributed by atoms with Crippen molar-refractivity contribution in [2.24, 2.45) is 0 Å². The van der Waals surface area contributed by atoms with E-state index in [1.165, 1.54) is 24.3 Å². The second kappa shape index (κ2) is 6.30. The zero-order chi connectivity index (χ0) is 15.4. The Morgan fingerprint density at radius 1 is 1.24 bits per heavy atom. The summed E-state index contributed by atoms with van der Waals surface area (Å²) in [5, 5.41) is 13.8. The van der Waals surface area contributed by atoms with Gasteiger partial charge in [0.2, 0.25) is 0 Å². The predicted octanol–water partition coefficient (Wildman–Crippen LogP) is 4.45. The molecule has 0 amide bonds. The lowest BCUT2D eigenvalue weighted by atomic mass is 10.1. The fourth-order valence-corrected chi connectivity index (χ4v) is 1.95. The molecule has 0 bridgehead atoms. The maximum absolute atomic E-state index is 12.6. The number of anilines is 1. The second-order valence-electron chi connectivity index (χ2n) is 4.66. The smallest absolute Gasteiger partial charge is 0.271 e. The van der Waals surface area contributed by atoms with Crippen molar-refractivity contribution < 1.29 is 13.7 Å². The van der Waals surface area contributed by atoms with Gasteiger partial charge in [0.05, 0.1) is 4.92 Å². The van der Waals surface area contributed by atoms with Crippen LogP contribution in [0.3, 0.4) is 0 Å². The third-order valence-corrected chi connectivity index (χ3v) is 3.12. The lowest BCUT2D eigenvalue weighted by Crippen LogP contribution is -2.02. The SMILES string of the molecule is Cc1ccc([N+](=O)[O-])cc1NCc1cccc(C(F)F)c1. The Kier molecular flexibility index (Phi) is 4.47. The molecule has 0 saturated carbocycles. The van der Waals surface area contributed by atoms with Crippen LogP contribution in [0, 0.1) is 17.0 Å². The average molecular weight is 292 g/mol. The molecular weight excluding hydrogens is 278 g/mol. The zero-order valence-corrected chi connectivity index (χ0v) is 11.3. The molecule has 0 fully saturated rings. The number of alkyl halides is 2. The minimum atomic E-state index is -2.51. The summed E-state index contributed by atoms with van der Waals surface area (Å²) in [6.07, 6.45) is -2.51. The van der Waals surface area contributed by atoms with Crippen LogP contribution in [-0.2, 0) is 6.54 Å². The highest BCUT2D eigenvalue weighted by Crippen LogP contribution is 2.23. The number of nitro groups is 1. The van der Waals surface area contributed by atoms with Crippen molar-refractivity contribution >= 4 is 11.4 Å². The molecule has 21 heavy (non-hydrogen) atoms. The van der Waals surface area contributed by atoms with Gasteiger partial charge in [-0.25, -0.2) is 8.78 Å². The summed E-state index contributed by atoms with van der Waals surface area (Å²) in [7, 11) is 0. The van der Waals surface area contributed by atoms with Crippen molar-refractivity contribution in [3.63, 3.8) is 0 Å². The molecule has 2 rings (SSSR count). The Morgan fingerprint density at radius 3 is 2.67 bits per heavy atom. The van der Waals surface area contributed by atoms with E-state index in [4.69, 9.17) is 0 Å². The molecule has 0 spiro atoms. The molecule has 2 aromatic carbocycles. The summed E-state index contributed by atoms with van der Waals surface area (Å²) >= 11 is 0. The van der Waals surface area contributed by atoms with E-state index in [1.807, 2.05) is 6.92 Å². The molecule has 0 heterocycles. The molecule has 0 radical (unpaired) electrons. The topological polar surface area (TPSA) is 55.2 Å². The van der Waals surface area contributed by atoms with Crippen molar-refractivity contribution in [1.29, 1.82) is 0 Å². The number of nitrogens with zero attached hydrogens (tertiary/aromatic N) is 1. The summed E-state index contributed by atoms with van der Waals surface area (Å²) in [5.74, 6) is 0. The Bertz CT molecular complexity index is 660. The van der Waals surface area contributed by atoms with E-state index < -0.39 is 11.3 Å². The van der Waals surface area contributed by atoms with Crippen LogP contribution >= 0.6 is 0 Å². The molecule has 110 valence electrons. The summed E-state index contributed by atoms with van der Waals surface area (Å²) in [6.45, 7) is 2.14. The third-order valence-electron chi connectivity index (χ3n) is 3.12. The van der Waals surface area contributed by atoms with E-state index in [0.29, 0.717) is 17.8 Å². The number of nitro benzene ring substituents is 1. The van der Waals surface area contributed by atoms with Gasteiger partial charge in [-0.1, -0.05) is 24.3 Å². The summed E-state index contributed by atoms with van der Waals surface area (Å²) in [4.78, 5) is 10.3. The molecule has 4 nitrogen and oxygen atoms in total. The number of rotatable bonds is 5. The van der Waals surface area contributed by atoms with Crippen LogP contribution in [0.25, 0.3) is 0 Å². The monoisotopic (exact) mass is 292 g/mol. The maximum atomic E-state index is 12.6. The normalized spacial score (nSPS) is 10.7. The highest BCUT2D eigenvalue weighted by atomic mass is 19.3. The molecule has 0 atom stereocenters. The summed E-state index contributed by atoms with van der Waals surface area (Å²) < 4.78 is 25.2. The number of benzene rings is 2. The van der Waals surface area contributed by atoms with Gasteiger partial charge in [0.25, 0.3) is 12.1 Å². The van der Waals surface area contributed by atoms with E-state index in [2.05, 4.69) is 5.32 Å². The number of aryl methyl sites for hydroxylation is 1. The first-order valence-electron chi connectivity index (χ1n) is 6.33. The number of nitrogens with one attached hydrogen (secondary N) is 1. The van der Waals surface area contributed by atoms with Crippen LogP contribution in [0.15, 0.2) is 42.5 Å². The Balaban J connectivity index is 2.14. The van der Waals surface area contributed by atoms with Gasteiger partial charge in [-0.2, -0.15) is 0 Å². The maximum Gasteiger partial charge on any atom is 0.271 e. The van der Waals surface area contributed by atoms with Crippen LogP contribution in [-0.4, -0.2) is 4.92 Å². The lowest BCUT2D eigenvalue weighted by molar-refractivity contribution is -0.384. The first kappa shape index (κ1) is 14.9. The first-order chi connectivity index (χ1) is 9.97. The Labute approximate surface area is 120 Å². The highest BCUT2D eigenvalue weighted by molar-refractivity contribution is 5.57. The molecule has 1 N–H and O–H groups in total. The van der Waals surface area contributed by atoms with Crippen molar-refractivity contribution in [3.05, 3.63) is 69.3 Å². The number of hydrogen-bond donors (Lipinski definition) is 1. The minimum Gasteiger partial charge on any atom is -0.381 e. The number of non-ortho nitro benzene ring substituents is 1. The molecule has 0 aliphatic heterocycles. The molecular formula is C15H14F2N2O2.